The number of benzene rings is 2. The van der Waals surface area contributed by atoms with Crippen LogP contribution in [-0.2, 0) is 0 Å². The highest BCUT2D eigenvalue weighted by molar-refractivity contribution is 7.98. The summed E-state index contributed by atoms with van der Waals surface area (Å²) in [6, 6.07) is 18.4. The van der Waals surface area contributed by atoms with Crippen molar-refractivity contribution >= 4 is 52.0 Å². The third kappa shape index (κ3) is 4.17. The topological polar surface area (TPSA) is 71.3 Å². The van der Waals surface area contributed by atoms with Gasteiger partial charge in [0, 0.05) is 15.6 Å². The van der Waals surface area contributed by atoms with Crippen LogP contribution in [0.2, 0.25) is 5.02 Å². The maximum atomic E-state index is 13.3. The molecule has 0 saturated heterocycles. The monoisotopic (exact) mass is 494 g/mol. The number of hydrogen-bond acceptors (Lipinski definition) is 6. The minimum absolute atomic E-state index is 0.238. The number of urea groups is 1. The Balaban J connectivity index is 1.67. The van der Waals surface area contributed by atoms with Crippen LogP contribution in [0.25, 0.3) is 16.3 Å². The normalized spacial score (nSPS) is 16.3. The van der Waals surface area contributed by atoms with Crippen molar-refractivity contribution in [3.05, 3.63) is 88.2 Å². The Morgan fingerprint density at radius 1 is 1.15 bits per heavy atom. The summed E-state index contributed by atoms with van der Waals surface area (Å²) in [6.45, 7) is 1.90. The molecule has 5 rings (SSSR count). The van der Waals surface area contributed by atoms with Crippen LogP contribution < -0.4 is 10.2 Å². The number of carbonyl (C=O) groups excluding carboxylic acids is 1. The molecule has 0 saturated carbocycles. The molecule has 4 aromatic rings. The van der Waals surface area contributed by atoms with Gasteiger partial charge in [-0.15, -0.1) is 23.1 Å². The molecule has 2 amide bonds. The van der Waals surface area contributed by atoms with Crippen molar-refractivity contribution < 1.29 is 9.32 Å². The minimum atomic E-state index is -0.493. The summed E-state index contributed by atoms with van der Waals surface area (Å²) in [4.78, 5) is 21.6. The lowest BCUT2D eigenvalue weighted by atomic mass is 9.94. The summed E-state index contributed by atoms with van der Waals surface area (Å²) >= 11 is 9.42. The van der Waals surface area contributed by atoms with Gasteiger partial charge in [-0.2, -0.15) is 4.98 Å². The second-order valence-corrected chi connectivity index (χ2v) is 9.64. The SMILES string of the molecule is CSc1cccc(N2C(=O)NC(c3cccc(Cl)c3)C(c3nc(-c4cccs4)no3)=C2C)c1. The summed E-state index contributed by atoms with van der Waals surface area (Å²) in [5, 5.41) is 9.84. The number of halogens is 1. The number of allylic oxidation sites excluding steroid dienone is 1. The minimum Gasteiger partial charge on any atom is -0.334 e. The van der Waals surface area contributed by atoms with E-state index in [0.29, 0.717) is 22.4 Å². The summed E-state index contributed by atoms with van der Waals surface area (Å²) < 4.78 is 5.72. The van der Waals surface area contributed by atoms with E-state index in [1.807, 2.05) is 73.2 Å². The van der Waals surface area contributed by atoms with Gasteiger partial charge in [0.25, 0.3) is 5.89 Å². The molecule has 3 heterocycles. The quantitative estimate of drug-likeness (QED) is 0.306. The molecule has 9 heteroatoms. The van der Waals surface area contributed by atoms with Gasteiger partial charge in [0.05, 0.1) is 22.2 Å². The lowest BCUT2D eigenvalue weighted by Crippen LogP contribution is -2.46. The number of nitrogens with zero attached hydrogens (tertiary/aromatic N) is 3. The zero-order valence-corrected chi connectivity index (χ0v) is 20.2. The molecule has 1 aliphatic heterocycles. The predicted octanol–water partition coefficient (Wildman–Crippen LogP) is 6.88. The van der Waals surface area contributed by atoms with Crippen LogP contribution in [0.3, 0.4) is 0 Å². The number of rotatable bonds is 5. The molecular weight excluding hydrogens is 476 g/mol. The third-order valence-electron chi connectivity index (χ3n) is 5.38. The molecule has 0 spiro atoms. The average Bonchev–Trinajstić information content (AvgIpc) is 3.51. The predicted molar refractivity (Wildman–Crippen MR) is 134 cm³/mol. The first kappa shape index (κ1) is 21.8. The van der Waals surface area contributed by atoms with Gasteiger partial charge in [-0.1, -0.05) is 41.0 Å². The second-order valence-electron chi connectivity index (χ2n) is 7.37. The molecule has 0 fully saturated rings. The molecule has 2 aromatic carbocycles. The zero-order chi connectivity index (χ0) is 22.9. The number of aromatic nitrogens is 2. The Morgan fingerprint density at radius 2 is 2.00 bits per heavy atom. The Kier molecular flexibility index (Phi) is 5.97. The Bertz CT molecular complexity index is 1350. The van der Waals surface area contributed by atoms with E-state index in [9.17, 15) is 4.79 Å². The molecular formula is C24H19ClN4O2S2. The smallest absolute Gasteiger partial charge is 0.326 e. The van der Waals surface area contributed by atoms with Crippen molar-refractivity contribution in [2.45, 2.75) is 17.9 Å². The van der Waals surface area contributed by atoms with Gasteiger partial charge >= 0.3 is 6.03 Å². The Hall–Kier alpha value is -3.07. The van der Waals surface area contributed by atoms with E-state index in [0.717, 1.165) is 26.6 Å². The van der Waals surface area contributed by atoms with Crippen LogP contribution in [0.4, 0.5) is 10.5 Å². The van der Waals surface area contributed by atoms with Crippen molar-refractivity contribution in [1.29, 1.82) is 0 Å². The molecule has 1 aliphatic rings. The lowest BCUT2D eigenvalue weighted by Gasteiger charge is -2.35. The molecule has 0 radical (unpaired) electrons. The number of carbonyl (C=O) groups is 1. The highest BCUT2D eigenvalue weighted by Gasteiger charge is 2.36. The van der Waals surface area contributed by atoms with E-state index in [1.54, 1.807) is 22.7 Å². The number of anilines is 1. The molecule has 0 aliphatic carbocycles. The summed E-state index contributed by atoms with van der Waals surface area (Å²) in [7, 11) is 0. The number of thioether (sulfide) groups is 1. The molecule has 1 unspecified atom stereocenters. The van der Waals surface area contributed by atoms with Crippen molar-refractivity contribution in [3.63, 3.8) is 0 Å². The van der Waals surface area contributed by atoms with Gasteiger partial charge in [-0.05, 0) is 60.5 Å². The van der Waals surface area contributed by atoms with Crippen LogP contribution >= 0.6 is 34.7 Å². The molecule has 33 heavy (non-hydrogen) atoms. The first-order chi connectivity index (χ1) is 16.0. The lowest BCUT2D eigenvalue weighted by molar-refractivity contribution is 0.244. The molecule has 6 nitrogen and oxygen atoms in total. The molecule has 2 aromatic heterocycles. The Morgan fingerprint density at radius 3 is 2.76 bits per heavy atom. The summed E-state index contributed by atoms with van der Waals surface area (Å²) in [5.41, 5.74) is 3.03. The largest absolute Gasteiger partial charge is 0.334 e. The summed E-state index contributed by atoms with van der Waals surface area (Å²) in [5.74, 6) is 0.866. The highest BCUT2D eigenvalue weighted by Crippen LogP contribution is 2.40. The van der Waals surface area contributed by atoms with E-state index in [4.69, 9.17) is 16.1 Å². The highest BCUT2D eigenvalue weighted by atomic mass is 35.5. The van der Waals surface area contributed by atoms with E-state index in [-0.39, 0.29) is 6.03 Å². The van der Waals surface area contributed by atoms with Crippen LogP contribution in [0.15, 0.2) is 81.2 Å². The van der Waals surface area contributed by atoms with Crippen molar-refractivity contribution in [2.24, 2.45) is 0 Å². The first-order valence-electron chi connectivity index (χ1n) is 10.1. The number of amides is 2. The van der Waals surface area contributed by atoms with E-state index in [1.165, 1.54) is 11.3 Å². The van der Waals surface area contributed by atoms with Crippen LogP contribution in [-0.4, -0.2) is 22.4 Å². The third-order valence-corrected chi connectivity index (χ3v) is 7.20. The molecule has 166 valence electrons. The van der Waals surface area contributed by atoms with Crippen molar-refractivity contribution in [3.8, 4) is 10.7 Å². The number of hydrogen-bond donors (Lipinski definition) is 1. The fourth-order valence-corrected chi connectivity index (χ4v) is 5.16. The van der Waals surface area contributed by atoms with Gasteiger partial charge in [0.1, 0.15) is 0 Å². The maximum absolute atomic E-state index is 13.3. The number of nitrogens with one attached hydrogen (secondary N) is 1. The van der Waals surface area contributed by atoms with E-state index in [2.05, 4.69) is 15.5 Å². The standard InChI is InChI=1S/C24H19ClN4O2S2/c1-14-20(23-27-22(28-31-23)19-10-5-11-33-19)21(15-6-3-7-16(25)12-15)26-24(30)29(14)17-8-4-9-18(13-17)32-2/h3-13,21H,1-2H3,(H,26,30). The van der Waals surface area contributed by atoms with Gasteiger partial charge < -0.3 is 9.84 Å². The van der Waals surface area contributed by atoms with Crippen LogP contribution in [0.5, 0.6) is 0 Å². The second kappa shape index (κ2) is 9.05. The zero-order valence-electron chi connectivity index (χ0n) is 17.8. The van der Waals surface area contributed by atoms with Gasteiger partial charge in [0.15, 0.2) is 0 Å². The fraction of sp³-hybridized carbons (Fsp3) is 0.125. The fourth-order valence-electron chi connectivity index (χ4n) is 3.86. The average molecular weight is 495 g/mol. The van der Waals surface area contributed by atoms with Gasteiger partial charge in [-0.25, -0.2) is 4.79 Å². The maximum Gasteiger partial charge on any atom is 0.326 e. The van der Waals surface area contributed by atoms with Crippen LogP contribution in [0.1, 0.15) is 24.4 Å². The molecule has 1 N–H and O–H groups in total. The van der Waals surface area contributed by atoms with Gasteiger partial charge in [0.2, 0.25) is 5.82 Å². The summed E-state index contributed by atoms with van der Waals surface area (Å²) in [6.07, 6.45) is 2.00. The number of thiophene rings is 1. The van der Waals surface area contributed by atoms with Crippen LogP contribution in [0, 0.1) is 0 Å². The Labute approximate surface area is 204 Å². The van der Waals surface area contributed by atoms with E-state index >= 15 is 0 Å². The van der Waals surface area contributed by atoms with Crippen molar-refractivity contribution in [1.82, 2.24) is 15.5 Å². The molecule has 0 bridgehead atoms. The van der Waals surface area contributed by atoms with Gasteiger partial charge in [-0.3, -0.25) is 4.90 Å². The first-order valence-corrected chi connectivity index (χ1v) is 12.6. The van der Waals surface area contributed by atoms with Crippen molar-refractivity contribution in [2.75, 3.05) is 11.2 Å². The molecule has 1 atom stereocenters. The van der Waals surface area contributed by atoms with E-state index < -0.39 is 6.04 Å².